The molecular formula is C24H42IN5O3. The molecule has 1 aliphatic rings. The molecule has 0 aliphatic carbocycles. The standard InChI is InChI=1S/C24H41N5O3.HI/c1-6-26-22(27-14-9-20-8-13-25-18-19(20)2)29-15-10-21(11-16-29)31-17-7-12-28-23(30)32-24(3,4)5;/h8,13,18,21H,6-7,9-12,14-17H2,1-5H3,(H,26,27)(H,28,30);1H. The van der Waals surface area contributed by atoms with Gasteiger partial charge in [-0.15, -0.1) is 24.0 Å². The number of nitrogens with one attached hydrogen (secondary N) is 2. The molecule has 8 nitrogen and oxygen atoms in total. The lowest BCUT2D eigenvalue weighted by Crippen LogP contribution is -2.47. The van der Waals surface area contributed by atoms with Gasteiger partial charge in [0.15, 0.2) is 5.96 Å². The van der Waals surface area contributed by atoms with E-state index in [4.69, 9.17) is 14.5 Å². The monoisotopic (exact) mass is 575 g/mol. The fourth-order valence-corrected chi connectivity index (χ4v) is 3.55. The van der Waals surface area contributed by atoms with Crippen LogP contribution in [0.5, 0.6) is 0 Å². The molecule has 0 radical (unpaired) electrons. The molecule has 1 saturated heterocycles. The highest BCUT2D eigenvalue weighted by Gasteiger charge is 2.22. The van der Waals surface area contributed by atoms with E-state index < -0.39 is 5.60 Å². The number of nitrogens with zero attached hydrogens (tertiary/aromatic N) is 3. The Morgan fingerprint density at radius 2 is 2.00 bits per heavy atom. The van der Waals surface area contributed by atoms with Crippen molar-refractivity contribution < 1.29 is 14.3 Å². The molecule has 1 aromatic heterocycles. The smallest absolute Gasteiger partial charge is 0.407 e. The summed E-state index contributed by atoms with van der Waals surface area (Å²) in [5, 5.41) is 6.20. The molecule has 2 heterocycles. The highest BCUT2D eigenvalue weighted by atomic mass is 127. The van der Waals surface area contributed by atoms with Crippen LogP contribution in [0.1, 0.15) is 58.1 Å². The molecule has 0 spiro atoms. The van der Waals surface area contributed by atoms with Gasteiger partial charge in [0.05, 0.1) is 6.10 Å². The van der Waals surface area contributed by atoms with E-state index >= 15 is 0 Å². The van der Waals surface area contributed by atoms with Gasteiger partial charge >= 0.3 is 6.09 Å². The number of hydrogen-bond donors (Lipinski definition) is 2. The van der Waals surface area contributed by atoms with E-state index in [0.29, 0.717) is 13.2 Å². The lowest BCUT2D eigenvalue weighted by molar-refractivity contribution is 0.0170. The maximum atomic E-state index is 11.6. The summed E-state index contributed by atoms with van der Waals surface area (Å²) in [6.45, 7) is 14.4. The molecule has 33 heavy (non-hydrogen) atoms. The largest absolute Gasteiger partial charge is 0.444 e. The summed E-state index contributed by atoms with van der Waals surface area (Å²) in [7, 11) is 0. The Hall–Kier alpha value is -1.62. The molecule has 188 valence electrons. The highest BCUT2D eigenvalue weighted by Crippen LogP contribution is 2.14. The van der Waals surface area contributed by atoms with E-state index in [1.54, 1.807) is 0 Å². The molecule has 0 aromatic carbocycles. The van der Waals surface area contributed by atoms with Crippen LogP contribution < -0.4 is 10.6 Å². The Morgan fingerprint density at radius 1 is 1.27 bits per heavy atom. The Bertz CT molecular complexity index is 731. The van der Waals surface area contributed by atoms with Crippen LogP contribution in [-0.4, -0.2) is 73.0 Å². The van der Waals surface area contributed by atoms with Crippen LogP contribution in [0.2, 0.25) is 0 Å². The van der Waals surface area contributed by atoms with E-state index in [-0.39, 0.29) is 36.2 Å². The lowest BCUT2D eigenvalue weighted by atomic mass is 10.1. The second-order valence-corrected chi connectivity index (χ2v) is 9.13. The van der Waals surface area contributed by atoms with Gasteiger partial charge in [0, 0.05) is 51.7 Å². The second-order valence-electron chi connectivity index (χ2n) is 9.13. The maximum Gasteiger partial charge on any atom is 0.407 e. The van der Waals surface area contributed by atoms with Gasteiger partial charge in [-0.2, -0.15) is 0 Å². The number of halogens is 1. The molecule has 0 unspecified atom stereocenters. The molecule has 1 aliphatic heterocycles. The van der Waals surface area contributed by atoms with Crippen molar-refractivity contribution in [2.45, 2.75) is 72.0 Å². The fraction of sp³-hybridized carbons (Fsp3) is 0.708. The number of piperidine rings is 1. The molecule has 0 saturated carbocycles. The van der Waals surface area contributed by atoms with E-state index in [0.717, 1.165) is 57.8 Å². The third kappa shape index (κ3) is 11.9. The van der Waals surface area contributed by atoms with Crippen molar-refractivity contribution in [1.29, 1.82) is 0 Å². The lowest BCUT2D eigenvalue weighted by Gasteiger charge is -2.34. The van der Waals surface area contributed by atoms with Gasteiger partial charge in [-0.05, 0) is 77.5 Å². The zero-order chi connectivity index (χ0) is 23.4. The highest BCUT2D eigenvalue weighted by molar-refractivity contribution is 14.0. The number of hydrogen-bond acceptors (Lipinski definition) is 5. The number of alkyl carbamates (subject to hydrolysis) is 1. The van der Waals surface area contributed by atoms with Crippen molar-refractivity contribution in [2.24, 2.45) is 4.99 Å². The molecule has 0 atom stereocenters. The first-order chi connectivity index (χ1) is 15.3. The summed E-state index contributed by atoms with van der Waals surface area (Å²) in [6.07, 6.45) is 7.28. The summed E-state index contributed by atoms with van der Waals surface area (Å²) in [4.78, 5) is 23.0. The van der Waals surface area contributed by atoms with Crippen LogP contribution in [0.4, 0.5) is 4.79 Å². The Kier molecular flexibility index (Phi) is 13.6. The molecule has 0 bridgehead atoms. The summed E-state index contributed by atoms with van der Waals surface area (Å²) < 4.78 is 11.3. The number of aliphatic imine (C=N–C) groups is 1. The normalized spacial score (nSPS) is 15.1. The van der Waals surface area contributed by atoms with Crippen molar-refractivity contribution in [3.63, 3.8) is 0 Å². The predicted octanol–water partition coefficient (Wildman–Crippen LogP) is 3.91. The quantitative estimate of drug-likeness (QED) is 0.201. The summed E-state index contributed by atoms with van der Waals surface area (Å²) >= 11 is 0. The summed E-state index contributed by atoms with van der Waals surface area (Å²) in [5.41, 5.74) is 2.04. The van der Waals surface area contributed by atoms with Gasteiger partial charge in [-0.25, -0.2) is 4.79 Å². The first kappa shape index (κ1) is 29.4. The Morgan fingerprint density at radius 3 is 2.64 bits per heavy atom. The van der Waals surface area contributed by atoms with Gasteiger partial charge in [0.25, 0.3) is 0 Å². The number of ether oxygens (including phenoxy) is 2. The van der Waals surface area contributed by atoms with Crippen LogP contribution in [0.15, 0.2) is 23.5 Å². The van der Waals surface area contributed by atoms with Crippen LogP contribution >= 0.6 is 24.0 Å². The number of amides is 1. The third-order valence-corrected chi connectivity index (χ3v) is 5.20. The number of likely N-dealkylation sites (tertiary alicyclic amines) is 1. The van der Waals surface area contributed by atoms with E-state index in [2.05, 4.69) is 40.4 Å². The molecule has 2 N–H and O–H groups in total. The van der Waals surface area contributed by atoms with E-state index in [1.165, 1.54) is 11.1 Å². The first-order valence-corrected chi connectivity index (χ1v) is 11.8. The van der Waals surface area contributed by atoms with E-state index in [1.807, 2.05) is 33.2 Å². The van der Waals surface area contributed by atoms with Crippen LogP contribution in [0.25, 0.3) is 0 Å². The molecule has 9 heteroatoms. The van der Waals surface area contributed by atoms with Crippen LogP contribution in [-0.2, 0) is 15.9 Å². The van der Waals surface area contributed by atoms with Gasteiger partial charge < -0.3 is 25.0 Å². The molecule has 1 amide bonds. The van der Waals surface area contributed by atoms with Crippen molar-refractivity contribution in [3.05, 3.63) is 29.6 Å². The Labute approximate surface area is 216 Å². The topological polar surface area (TPSA) is 88.1 Å². The van der Waals surface area contributed by atoms with E-state index in [9.17, 15) is 4.79 Å². The van der Waals surface area contributed by atoms with Gasteiger partial charge in [0.2, 0.25) is 0 Å². The van der Waals surface area contributed by atoms with Crippen LogP contribution in [0, 0.1) is 6.92 Å². The third-order valence-electron chi connectivity index (χ3n) is 5.20. The average Bonchev–Trinajstić information content (AvgIpc) is 2.73. The molecular weight excluding hydrogens is 533 g/mol. The minimum absolute atomic E-state index is 0. The first-order valence-electron chi connectivity index (χ1n) is 11.8. The van der Waals surface area contributed by atoms with Gasteiger partial charge in [-0.1, -0.05) is 0 Å². The number of aromatic nitrogens is 1. The maximum absolute atomic E-state index is 11.6. The van der Waals surface area contributed by atoms with Crippen molar-refractivity contribution in [3.8, 4) is 0 Å². The summed E-state index contributed by atoms with van der Waals surface area (Å²) in [6, 6.07) is 2.07. The zero-order valence-corrected chi connectivity index (χ0v) is 23.2. The number of guanidine groups is 1. The summed E-state index contributed by atoms with van der Waals surface area (Å²) in [5.74, 6) is 0.985. The van der Waals surface area contributed by atoms with Crippen molar-refractivity contribution in [2.75, 3.05) is 39.3 Å². The zero-order valence-electron chi connectivity index (χ0n) is 20.9. The predicted molar refractivity (Wildman–Crippen MR) is 143 cm³/mol. The average molecular weight is 576 g/mol. The molecule has 1 fully saturated rings. The molecule has 1 aromatic rings. The van der Waals surface area contributed by atoms with Gasteiger partial charge in [-0.3, -0.25) is 9.98 Å². The number of pyridine rings is 1. The number of carbonyl (C=O) groups is 1. The minimum Gasteiger partial charge on any atom is -0.444 e. The number of rotatable bonds is 9. The second kappa shape index (κ2) is 15.3. The number of aryl methyl sites for hydroxylation is 1. The number of carbonyl (C=O) groups excluding carboxylic acids is 1. The van der Waals surface area contributed by atoms with Crippen LogP contribution in [0.3, 0.4) is 0 Å². The van der Waals surface area contributed by atoms with Crippen molar-refractivity contribution >= 4 is 36.0 Å². The van der Waals surface area contributed by atoms with Gasteiger partial charge in [0.1, 0.15) is 5.60 Å². The Balaban J connectivity index is 0.00000544. The SMILES string of the molecule is CCNC(=NCCc1ccncc1C)N1CCC(OCCCNC(=O)OC(C)(C)C)CC1.I. The molecule has 2 rings (SSSR count). The fourth-order valence-electron chi connectivity index (χ4n) is 3.55. The van der Waals surface area contributed by atoms with Crippen molar-refractivity contribution in [1.82, 2.24) is 20.5 Å². The minimum atomic E-state index is -0.471.